The number of anilines is 1. The van der Waals surface area contributed by atoms with E-state index < -0.39 is 18.5 Å². The third-order valence-corrected chi connectivity index (χ3v) is 5.96. The maximum atomic E-state index is 12.9. The average Bonchev–Trinajstić information content (AvgIpc) is 2.95. The Morgan fingerprint density at radius 2 is 1.14 bits per heavy atom. The number of benzene rings is 4. The van der Waals surface area contributed by atoms with E-state index in [9.17, 15) is 24.0 Å². The van der Waals surface area contributed by atoms with Crippen LogP contribution in [0.25, 0.3) is 0 Å². The summed E-state index contributed by atoms with van der Waals surface area (Å²) in [6.45, 7) is -0.559. The minimum atomic E-state index is -0.725. The van der Waals surface area contributed by atoms with Gasteiger partial charge in [0.15, 0.2) is 24.0 Å². The van der Waals surface area contributed by atoms with E-state index in [2.05, 4.69) is 5.32 Å². The van der Waals surface area contributed by atoms with Crippen molar-refractivity contribution in [2.45, 2.75) is 0 Å². The number of nitrogens with one attached hydrogen (secondary N) is 1. The second kappa shape index (κ2) is 9.83. The number of ketones is 3. The smallest absolute Gasteiger partial charge is 0.338 e. The number of carbonyl (C=O) groups is 5. The number of fused-ring (bicyclic) bond motifs is 2. The summed E-state index contributed by atoms with van der Waals surface area (Å²) in [5.74, 6) is -2.07. The van der Waals surface area contributed by atoms with Crippen LogP contribution in [0.1, 0.15) is 58.1 Å². The molecule has 7 nitrogen and oxygen atoms in total. The molecule has 1 amide bonds. The fourth-order valence-electron chi connectivity index (χ4n) is 4.10. The van der Waals surface area contributed by atoms with E-state index in [1.54, 1.807) is 48.5 Å². The highest BCUT2D eigenvalue weighted by molar-refractivity contribution is 6.28. The van der Waals surface area contributed by atoms with Crippen LogP contribution in [0.2, 0.25) is 0 Å². The van der Waals surface area contributed by atoms with Gasteiger partial charge in [0.1, 0.15) is 0 Å². The molecule has 0 saturated carbocycles. The molecule has 4 aromatic carbocycles. The third-order valence-electron chi connectivity index (χ3n) is 5.96. The summed E-state index contributed by atoms with van der Waals surface area (Å²) < 4.78 is 5.09. The summed E-state index contributed by atoms with van der Waals surface area (Å²) in [6.07, 6.45) is 0. The van der Waals surface area contributed by atoms with Crippen LogP contribution in [-0.4, -0.2) is 35.8 Å². The Labute approximate surface area is 211 Å². The van der Waals surface area contributed by atoms with Crippen molar-refractivity contribution in [3.8, 4) is 0 Å². The molecule has 4 aromatic rings. The Balaban J connectivity index is 1.20. The van der Waals surface area contributed by atoms with Crippen LogP contribution in [-0.2, 0) is 9.53 Å². The fraction of sp³-hybridized carbons (Fsp3) is 0.0333. The first kappa shape index (κ1) is 23.6. The number of hydrogen-bond acceptors (Lipinski definition) is 6. The van der Waals surface area contributed by atoms with Gasteiger partial charge in [-0.1, -0.05) is 66.7 Å². The van der Waals surface area contributed by atoms with Gasteiger partial charge in [-0.25, -0.2) is 4.79 Å². The molecule has 7 heteroatoms. The number of rotatable bonds is 6. The molecule has 0 fully saturated rings. The van der Waals surface area contributed by atoms with Crippen molar-refractivity contribution < 1.29 is 28.7 Å². The zero-order valence-corrected chi connectivity index (χ0v) is 19.4. The van der Waals surface area contributed by atoms with Gasteiger partial charge < -0.3 is 10.1 Å². The first-order valence-corrected chi connectivity index (χ1v) is 11.4. The maximum absolute atomic E-state index is 12.9. The minimum Gasteiger partial charge on any atom is -0.452 e. The van der Waals surface area contributed by atoms with Crippen molar-refractivity contribution >= 4 is 34.9 Å². The molecule has 0 saturated heterocycles. The first-order valence-electron chi connectivity index (χ1n) is 11.4. The van der Waals surface area contributed by atoms with Crippen molar-refractivity contribution in [1.29, 1.82) is 0 Å². The van der Waals surface area contributed by atoms with Crippen molar-refractivity contribution in [2.24, 2.45) is 0 Å². The van der Waals surface area contributed by atoms with E-state index in [-0.39, 0.29) is 34.0 Å². The van der Waals surface area contributed by atoms with E-state index in [4.69, 9.17) is 4.74 Å². The molecular formula is C30H19NO6. The molecule has 1 aliphatic carbocycles. The molecule has 1 aliphatic rings. The van der Waals surface area contributed by atoms with Gasteiger partial charge in [0.2, 0.25) is 0 Å². The molecular weight excluding hydrogens is 470 g/mol. The standard InChI is InChI=1S/C30H19NO6/c32-26(17-37-30(36)20-12-10-19(11-13-20)27(33)18-6-2-1-3-7-18)31-21-14-15-24-25(16-21)29(35)23-9-5-4-8-22(23)28(24)34/h1-16H,17H2,(H,31,32). The minimum absolute atomic E-state index is 0.173. The topological polar surface area (TPSA) is 107 Å². The molecule has 180 valence electrons. The van der Waals surface area contributed by atoms with E-state index >= 15 is 0 Å². The molecule has 0 heterocycles. The van der Waals surface area contributed by atoms with Gasteiger partial charge in [-0.2, -0.15) is 0 Å². The summed E-state index contributed by atoms with van der Waals surface area (Å²) in [6, 6.07) is 25.8. The Morgan fingerprint density at radius 1 is 0.595 bits per heavy atom. The number of carbonyl (C=O) groups excluding carboxylic acids is 5. The molecule has 1 N–H and O–H groups in total. The predicted octanol–water partition coefficient (Wildman–Crippen LogP) is 4.49. The second-order valence-corrected chi connectivity index (χ2v) is 8.36. The van der Waals surface area contributed by atoms with Crippen LogP contribution >= 0.6 is 0 Å². The number of amides is 1. The lowest BCUT2D eigenvalue weighted by Crippen LogP contribution is -2.23. The van der Waals surface area contributed by atoms with Gasteiger partial charge >= 0.3 is 5.97 Å². The van der Waals surface area contributed by atoms with Gasteiger partial charge in [0.05, 0.1) is 5.56 Å². The SMILES string of the molecule is O=C(COC(=O)c1ccc(C(=O)c2ccccc2)cc1)Nc1ccc2c(c1)C(=O)c1ccccc1C2=O. The monoisotopic (exact) mass is 489 g/mol. The Hall–Kier alpha value is -5.17. The largest absolute Gasteiger partial charge is 0.452 e. The maximum Gasteiger partial charge on any atom is 0.338 e. The summed E-state index contributed by atoms with van der Waals surface area (Å²) in [5, 5.41) is 2.58. The van der Waals surface area contributed by atoms with Crippen LogP contribution in [0.4, 0.5) is 5.69 Å². The van der Waals surface area contributed by atoms with E-state index in [0.29, 0.717) is 27.9 Å². The molecule has 0 bridgehead atoms. The summed E-state index contributed by atoms with van der Waals surface area (Å²) in [7, 11) is 0. The third kappa shape index (κ3) is 4.70. The number of hydrogen-bond donors (Lipinski definition) is 1. The highest BCUT2D eigenvalue weighted by Gasteiger charge is 2.29. The van der Waals surface area contributed by atoms with Gasteiger partial charge in [-0.3, -0.25) is 19.2 Å². The quantitative estimate of drug-likeness (QED) is 0.278. The molecule has 0 atom stereocenters. The van der Waals surface area contributed by atoms with Crippen LogP contribution in [0.5, 0.6) is 0 Å². The van der Waals surface area contributed by atoms with Crippen molar-refractivity contribution in [3.05, 3.63) is 136 Å². The number of esters is 1. The van der Waals surface area contributed by atoms with Gasteiger partial charge in [-0.05, 0) is 30.3 Å². The van der Waals surface area contributed by atoms with E-state index in [1.165, 1.54) is 42.5 Å². The predicted molar refractivity (Wildman–Crippen MR) is 135 cm³/mol. The first-order chi connectivity index (χ1) is 17.9. The van der Waals surface area contributed by atoms with Crippen LogP contribution in [0.3, 0.4) is 0 Å². The van der Waals surface area contributed by atoms with Crippen molar-refractivity contribution in [1.82, 2.24) is 0 Å². The van der Waals surface area contributed by atoms with Crippen LogP contribution in [0.15, 0.2) is 97.1 Å². The second-order valence-electron chi connectivity index (χ2n) is 8.36. The zero-order chi connectivity index (χ0) is 25.9. The lowest BCUT2D eigenvalue weighted by Gasteiger charge is -2.18. The van der Waals surface area contributed by atoms with Gasteiger partial charge in [-0.15, -0.1) is 0 Å². The Bertz CT molecular complexity index is 1570. The molecule has 5 rings (SSSR count). The normalized spacial score (nSPS) is 11.8. The van der Waals surface area contributed by atoms with Crippen LogP contribution in [0, 0.1) is 0 Å². The molecule has 0 radical (unpaired) electrons. The molecule has 0 aliphatic heterocycles. The van der Waals surface area contributed by atoms with E-state index in [1.807, 2.05) is 6.07 Å². The number of ether oxygens (including phenoxy) is 1. The average molecular weight is 489 g/mol. The molecule has 37 heavy (non-hydrogen) atoms. The summed E-state index contributed by atoms with van der Waals surface area (Å²) >= 11 is 0. The van der Waals surface area contributed by atoms with E-state index in [0.717, 1.165) is 0 Å². The lowest BCUT2D eigenvalue weighted by molar-refractivity contribution is -0.119. The summed E-state index contributed by atoms with van der Waals surface area (Å²) in [5.41, 5.74) is 2.56. The molecule has 0 aromatic heterocycles. The van der Waals surface area contributed by atoms with Crippen molar-refractivity contribution in [3.63, 3.8) is 0 Å². The fourth-order valence-corrected chi connectivity index (χ4v) is 4.10. The highest BCUT2D eigenvalue weighted by atomic mass is 16.5. The Kier molecular flexibility index (Phi) is 6.26. The Morgan fingerprint density at radius 3 is 1.81 bits per heavy atom. The van der Waals surface area contributed by atoms with Gasteiger partial charge in [0.25, 0.3) is 5.91 Å². The van der Waals surface area contributed by atoms with Gasteiger partial charge in [0, 0.05) is 39.1 Å². The molecule has 0 unspecified atom stereocenters. The van der Waals surface area contributed by atoms with Crippen molar-refractivity contribution in [2.75, 3.05) is 11.9 Å². The lowest BCUT2D eigenvalue weighted by atomic mass is 9.84. The summed E-state index contributed by atoms with van der Waals surface area (Å²) in [4.78, 5) is 62.8. The highest BCUT2D eigenvalue weighted by Crippen LogP contribution is 2.29. The zero-order valence-electron chi connectivity index (χ0n) is 19.4. The molecule has 0 spiro atoms. The van der Waals surface area contributed by atoms with Crippen LogP contribution < -0.4 is 5.32 Å².